The molecule has 1 atom stereocenters. The summed E-state index contributed by atoms with van der Waals surface area (Å²) in [4.78, 5) is 0. The highest BCUT2D eigenvalue weighted by Crippen LogP contribution is 2.19. The average molecular weight is 397 g/mol. The zero-order chi connectivity index (χ0) is 20.5. The second kappa shape index (κ2) is 25.0. The number of hydrogen-bond acceptors (Lipinski definition) is 1. The minimum Gasteiger partial charge on any atom is -0.396 e. The maximum atomic E-state index is 9.63. The van der Waals surface area contributed by atoms with Crippen LogP contribution in [0.1, 0.15) is 162 Å². The monoisotopic (exact) mass is 396 g/mol. The molecule has 1 heteroatoms. The van der Waals surface area contributed by atoms with Crippen molar-refractivity contribution >= 4 is 0 Å². The van der Waals surface area contributed by atoms with E-state index in [2.05, 4.69) is 13.8 Å². The molecule has 0 amide bonds. The molecule has 0 saturated carbocycles. The van der Waals surface area contributed by atoms with Crippen LogP contribution < -0.4 is 0 Å². The fourth-order valence-corrected chi connectivity index (χ4v) is 4.34. The summed E-state index contributed by atoms with van der Waals surface area (Å²) >= 11 is 0. The van der Waals surface area contributed by atoms with E-state index in [1.807, 2.05) is 0 Å². The molecule has 0 rings (SSSR count). The van der Waals surface area contributed by atoms with Crippen molar-refractivity contribution in [1.29, 1.82) is 0 Å². The van der Waals surface area contributed by atoms with E-state index in [4.69, 9.17) is 0 Å². The molecule has 0 spiro atoms. The maximum absolute atomic E-state index is 9.63. The molecule has 0 aromatic heterocycles. The molecule has 1 unspecified atom stereocenters. The third-order valence-corrected chi connectivity index (χ3v) is 6.44. The molecule has 170 valence electrons. The molecule has 0 fully saturated rings. The van der Waals surface area contributed by atoms with Crippen molar-refractivity contribution in [2.45, 2.75) is 162 Å². The SMILES string of the molecule is CCCCCCCCCCCCCCC(CO)CCCCCCCCCCC. The van der Waals surface area contributed by atoms with Gasteiger partial charge in [-0.15, -0.1) is 0 Å². The van der Waals surface area contributed by atoms with Crippen LogP contribution in [0.2, 0.25) is 0 Å². The predicted octanol–water partition coefficient (Wildman–Crippen LogP) is 9.61. The van der Waals surface area contributed by atoms with E-state index in [1.54, 1.807) is 0 Å². The first-order valence-corrected chi connectivity index (χ1v) is 13.5. The normalized spacial score (nSPS) is 12.5. The Morgan fingerprint density at radius 3 is 0.893 bits per heavy atom. The minimum atomic E-state index is 0.412. The van der Waals surface area contributed by atoms with Gasteiger partial charge in [-0.3, -0.25) is 0 Å². The van der Waals surface area contributed by atoms with Crippen LogP contribution in [0.5, 0.6) is 0 Å². The van der Waals surface area contributed by atoms with Crippen molar-refractivity contribution in [3.63, 3.8) is 0 Å². The van der Waals surface area contributed by atoms with Gasteiger partial charge in [-0.1, -0.05) is 149 Å². The van der Waals surface area contributed by atoms with E-state index in [-0.39, 0.29) is 0 Å². The van der Waals surface area contributed by atoms with Crippen molar-refractivity contribution in [1.82, 2.24) is 0 Å². The lowest BCUT2D eigenvalue weighted by Gasteiger charge is -2.13. The number of hydrogen-bond donors (Lipinski definition) is 1. The van der Waals surface area contributed by atoms with Crippen LogP contribution in [0.25, 0.3) is 0 Å². The van der Waals surface area contributed by atoms with Crippen LogP contribution in [0.3, 0.4) is 0 Å². The van der Waals surface area contributed by atoms with Crippen LogP contribution in [0, 0.1) is 5.92 Å². The first-order valence-electron chi connectivity index (χ1n) is 13.5. The van der Waals surface area contributed by atoms with Gasteiger partial charge in [0.05, 0.1) is 0 Å². The zero-order valence-electron chi connectivity index (χ0n) is 20.0. The Morgan fingerprint density at radius 1 is 0.393 bits per heavy atom. The van der Waals surface area contributed by atoms with Crippen LogP contribution in [0.15, 0.2) is 0 Å². The number of aliphatic hydroxyl groups excluding tert-OH is 1. The third-order valence-electron chi connectivity index (χ3n) is 6.44. The topological polar surface area (TPSA) is 20.2 Å². The van der Waals surface area contributed by atoms with Gasteiger partial charge in [0, 0.05) is 6.61 Å². The highest BCUT2D eigenvalue weighted by Gasteiger charge is 2.07. The molecule has 0 aliphatic carbocycles. The van der Waals surface area contributed by atoms with Crippen molar-refractivity contribution in [3.05, 3.63) is 0 Å². The molecule has 0 radical (unpaired) electrons. The second-order valence-electron chi connectivity index (χ2n) is 9.34. The van der Waals surface area contributed by atoms with Crippen molar-refractivity contribution in [2.24, 2.45) is 5.92 Å². The molecular formula is C27H56O. The zero-order valence-corrected chi connectivity index (χ0v) is 20.0. The fourth-order valence-electron chi connectivity index (χ4n) is 4.34. The van der Waals surface area contributed by atoms with E-state index >= 15 is 0 Å². The van der Waals surface area contributed by atoms with E-state index in [0.717, 1.165) is 0 Å². The van der Waals surface area contributed by atoms with Gasteiger partial charge in [0.1, 0.15) is 0 Å². The van der Waals surface area contributed by atoms with Gasteiger partial charge in [-0.05, 0) is 18.8 Å². The van der Waals surface area contributed by atoms with Gasteiger partial charge in [-0.2, -0.15) is 0 Å². The summed E-state index contributed by atoms with van der Waals surface area (Å²) in [5.41, 5.74) is 0. The summed E-state index contributed by atoms with van der Waals surface area (Å²) in [7, 11) is 0. The quantitative estimate of drug-likeness (QED) is 0.161. The van der Waals surface area contributed by atoms with Gasteiger partial charge in [0.25, 0.3) is 0 Å². The molecule has 1 nitrogen and oxygen atoms in total. The molecular weight excluding hydrogens is 340 g/mol. The van der Waals surface area contributed by atoms with Crippen LogP contribution in [-0.2, 0) is 0 Å². The Kier molecular flexibility index (Phi) is 25.0. The van der Waals surface area contributed by atoms with Crippen molar-refractivity contribution in [2.75, 3.05) is 6.61 Å². The lowest BCUT2D eigenvalue weighted by molar-refractivity contribution is 0.204. The highest BCUT2D eigenvalue weighted by atomic mass is 16.3. The van der Waals surface area contributed by atoms with Crippen molar-refractivity contribution < 1.29 is 5.11 Å². The van der Waals surface area contributed by atoms with E-state index in [1.165, 1.54) is 148 Å². The summed E-state index contributed by atoms with van der Waals surface area (Å²) in [5.74, 6) is 0.577. The standard InChI is InChI=1S/C27H56O/c1-3-5-7-9-11-13-14-15-17-19-21-23-25-27(26-28)24-22-20-18-16-12-10-8-6-4-2/h27-28H,3-26H2,1-2H3. The Labute approximate surface area is 179 Å². The van der Waals surface area contributed by atoms with Gasteiger partial charge < -0.3 is 5.11 Å². The average Bonchev–Trinajstić information content (AvgIpc) is 2.71. The Hall–Kier alpha value is -0.0400. The first kappa shape index (κ1) is 28.0. The summed E-state index contributed by atoms with van der Waals surface area (Å²) < 4.78 is 0. The summed E-state index contributed by atoms with van der Waals surface area (Å²) in [6.45, 7) is 4.99. The smallest absolute Gasteiger partial charge is 0.0459 e. The molecule has 28 heavy (non-hydrogen) atoms. The molecule has 0 bridgehead atoms. The van der Waals surface area contributed by atoms with E-state index in [9.17, 15) is 5.11 Å². The van der Waals surface area contributed by atoms with Gasteiger partial charge in [0.15, 0.2) is 0 Å². The lowest BCUT2D eigenvalue weighted by Crippen LogP contribution is -2.06. The first-order chi connectivity index (χ1) is 13.8. The molecule has 0 aliphatic heterocycles. The predicted molar refractivity (Wildman–Crippen MR) is 128 cm³/mol. The highest BCUT2D eigenvalue weighted by molar-refractivity contribution is 4.59. The maximum Gasteiger partial charge on any atom is 0.0459 e. The fraction of sp³-hybridized carbons (Fsp3) is 1.00. The van der Waals surface area contributed by atoms with Gasteiger partial charge in [-0.25, -0.2) is 0 Å². The molecule has 0 heterocycles. The third kappa shape index (κ3) is 22.3. The van der Waals surface area contributed by atoms with E-state index < -0.39 is 0 Å². The van der Waals surface area contributed by atoms with Gasteiger partial charge in [0.2, 0.25) is 0 Å². The van der Waals surface area contributed by atoms with Crippen LogP contribution in [0.4, 0.5) is 0 Å². The van der Waals surface area contributed by atoms with Crippen molar-refractivity contribution in [3.8, 4) is 0 Å². The molecule has 0 saturated heterocycles. The second-order valence-corrected chi connectivity index (χ2v) is 9.34. The molecule has 1 N–H and O–H groups in total. The molecule has 0 aromatic carbocycles. The van der Waals surface area contributed by atoms with Crippen LogP contribution >= 0.6 is 0 Å². The lowest BCUT2D eigenvalue weighted by atomic mass is 9.94. The summed E-state index contributed by atoms with van der Waals surface area (Å²) in [6.07, 6.45) is 32.1. The number of rotatable bonds is 24. The molecule has 0 aliphatic rings. The van der Waals surface area contributed by atoms with E-state index in [0.29, 0.717) is 12.5 Å². The molecule has 0 aromatic rings. The Bertz CT molecular complexity index is 263. The number of aliphatic hydroxyl groups is 1. The van der Waals surface area contributed by atoms with Crippen LogP contribution in [-0.4, -0.2) is 11.7 Å². The minimum absolute atomic E-state index is 0.412. The summed E-state index contributed by atoms with van der Waals surface area (Å²) in [6, 6.07) is 0. The number of unbranched alkanes of at least 4 members (excludes halogenated alkanes) is 19. The van der Waals surface area contributed by atoms with Gasteiger partial charge >= 0.3 is 0 Å². The Balaban J connectivity index is 3.27. The largest absolute Gasteiger partial charge is 0.396 e. The Morgan fingerprint density at radius 2 is 0.643 bits per heavy atom. The summed E-state index contributed by atoms with van der Waals surface area (Å²) in [5, 5.41) is 9.63.